The minimum atomic E-state index is -4.67. The summed E-state index contributed by atoms with van der Waals surface area (Å²) in [6, 6.07) is 0.898. The summed E-state index contributed by atoms with van der Waals surface area (Å²) in [6.45, 7) is 0.728. The molecule has 4 rings (SSSR count). The Morgan fingerprint density at radius 2 is 1.93 bits per heavy atom. The average molecular weight is 403 g/mol. The fourth-order valence-electron chi connectivity index (χ4n) is 2.59. The largest absolute Gasteiger partial charge is 0.463 e. The van der Waals surface area contributed by atoms with Crippen molar-refractivity contribution >= 4 is 5.65 Å². The molecular weight excluding hydrogens is 392 g/mol. The third-order valence-corrected chi connectivity index (χ3v) is 4.31. The number of fused-ring (bicyclic) bond motifs is 1. The van der Waals surface area contributed by atoms with E-state index in [9.17, 15) is 26.3 Å². The van der Waals surface area contributed by atoms with Crippen molar-refractivity contribution in [3.8, 4) is 17.1 Å². The van der Waals surface area contributed by atoms with Crippen molar-refractivity contribution in [3.05, 3.63) is 36.3 Å². The van der Waals surface area contributed by atoms with E-state index >= 15 is 0 Å². The second-order valence-corrected chi connectivity index (χ2v) is 6.39. The first-order valence-electron chi connectivity index (χ1n) is 8.04. The lowest BCUT2D eigenvalue weighted by atomic mass is 10.2. The van der Waals surface area contributed by atoms with Gasteiger partial charge in [-0.05, 0) is 13.0 Å². The first-order chi connectivity index (χ1) is 13.1. The monoisotopic (exact) mass is 403 g/mol. The quantitative estimate of drug-likeness (QED) is 0.621. The van der Waals surface area contributed by atoms with Crippen LogP contribution in [0.5, 0.6) is 5.88 Å². The molecule has 0 aliphatic heterocycles. The molecule has 0 amide bonds. The number of nitrogens with zero attached hydrogens (tertiary/aromatic N) is 5. The third kappa shape index (κ3) is 3.22. The predicted octanol–water partition coefficient (Wildman–Crippen LogP) is 3.78. The molecular formula is C16H11F6N5O. The van der Waals surface area contributed by atoms with Gasteiger partial charge in [-0.1, -0.05) is 0 Å². The van der Waals surface area contributed by atoms with E-state index in [0.29, 0.717) is 0 Å². The van der Waals surface area contributed by atoms with Gasteiger partial charge in [0.2, 0.25) is 0 Å². The molecule has 0 saturated heterocycles. The van der Waals surface area contributed by atoms with Crippen molar-refractivity contribution in [1.29, 1.82) is 0 Å². The molecule has 1 fully saturated rings. The van der Waals surface area contributed by atoms with Crippen LogP contribution in [0.3, 0.4) is 0 Å². The first-order valence-corrected chi connectivity index (χ1v) is 8.04. The summed E-state index contributed by atoms with van der Waals surface area (Å²) in [6.07, 6.45) is -3.57. The molecule has 6 nitrogen and oxygen atoms in total. The van der Waals surface area contributed by atoms with Crippen molar-refractivity contribution in [3.63, 3.8) is 0 Å². The van der Waals surface area contributed by atoms with E-state index in [1.165, 1.54) is 16.8 Å². The number of ether oxygens (including phenoxy) is 1. The van der Waals surface area contributed by atoms with E-state index in [4.69, 9.17) is 0 Å². The van der Waals surface area contributed by atoms with Crippen LogP contribution in [-0.2, 0) is 0 Å². The third-order valence-electron chi connectivity index (χ3n) is 4.31. The Morgan fingerprint density at radius 3 is 2.54 bits per heavy atom. The molecule has 1 aliphatic rings. The first kappa shape index (κ1) is 18.4. The van der Waals surface area contributed by atoms with E-state index in [2.05, 4.69) is 24.9 Å². The van der Waals surface area contributed by atoms with Crippen LogP contribution in [-0.4, -0.2) is 42.8 Å². The van der Waals surface area contributed by atoms with Gasteiger partial charge in [0, 0.05) is 24.4 Å². The maximum absolute atomic E-state index is 14.1. The van der Waals surface area contributed by atoms with Crippen molar-refractivity contribution in [2.75, 3.05) is 0 Å². The van der Waals surface area contributed by atoms with Crippen LogP contribution >= 0.6 is 0 Å². The van der Waals surface area contributed by atoms with Crippen molar-refractivity contribution in [2.24, 2.45) is 0 Å². The highest BCUT2D eigenvalue weighted by Crippen LogP contribution is 2.55. The van der Waals surface area contributed by atoms with Crippen LogP contribution in [0.2, 0.25) is 0 Å². The van der Waals surface area contributed by atoms with E-state index in [1.54, 1.807) is 0 Å². The van der Waals surface area contributed by atoms with Crippen LogP contribution in [0, 0.1) is 5.82 Å². The maximum atomic E-state index is 14.1. The van der Waals surface area contributed by atoms with Crippen LogP contribution in [0.15, 0.2) is 24.7 Å². The van der Waals surface area contributed by atoms with Gasteiger partial charge in [-0.3, -0.25) is 9.38 Å². The topological polar surface area (TPSA) is 65.2 Å². The van der Waals surface area contributed by atoms with E-state index < -0.39 is 35.8 Å². The lowest BCUT2D eigenvalue weighted by molar-refractivity contribution is -0.190. The van der Waals surface area contributed by atoms with Crippen molar-refractivity contribution in [2.45, 2.75) is 37.5 Å². The fraction of sp³-hybridized carbons (Fsp3) is 0.375. The van der Waals surface area contributed by atoms with Gasteiger partial charge in [0.25, 0.3) is 11.8 Å². The average Bonchev–Trinajstić information content (AvgIpc) is 3.06. The molecule has 28 heavy (non-hydrogen) atoms. The zero-order valence-electron chi connectivity index (χ0n) is 14.1. The Bertz CT molecular complexity index is 1050. The molecule has 0 radical (unpaired) electrons. The Labute approximate surface area is 153 Å². The summed E-state index contributed by atoms with van der Waals surface area (Å²) < 4.78 is 84.3. The molecule has 1 unspecified atom stereocenters. The fourth-order valence-corrected chi connectivity index (χ4v) is 2.59. The zero-order valence-corrected chi connectivity index (χ0v) is 14.1. The predicted molar refractivity (Wildman–Crippen MR) is 82.4 cm³/mol. The molecule has 0 spiro atoms. The molecule has 2 atom stereocenters. The van der Waals surface area contributed by atoms with Crippen LogP contribution in [0.25, 0.3) is 16.9 Å². The summed E-state index contributed by atoms with van der Waals surface area (Å²) in [7, 11) is 0. The number of hydrogen-bond donors (Lipinski definition) is 0. The minimum Gasteiger partial charge on any atom is -0.463 e. The van der Waals surface area contributed by atoms with E-state index in [1.807, 2.05) is 0 Å². The van der Waals surface area contributed by atoms with Gasteiger partial charge in [0.05, 0.1) is 17.8 Å². The number of rotatable bonds is 4. The van der Waals surface area contributed by atoms with Crippen LogP contribution in [0.1, 0.15) is 25.1 Å². The van der Waals surface area contributed by atoms with Crippen molar-refractivity contribution in [1.82, 2.24) is 24.6 Å². The molecule has 0 N–H and O–H groups in total. The number of halogens is 6. The SMILES string of the molecule is C[C@@H](Oc1ncc(-c2cn3c(C4CC4(F)F)nnc3cn2)cc1F)C(F)(F)F. The highest BCUT2D eigenvalue weighted by Gasteiger charge is 2.60. The molecule has 1 saturated carbocycles. The number of hydrogen-bond acceptors (Lipinski definition) is 5. The van der Waals surface area contributed by atoms with Gasteiger partial charge >= 0.3 is 6.18 Å². The Balaban J connectivity index is 1.65. The normalized spacial score (nSPS) is 19.6. The van der Waals surface area contributed by atoms with E-state index in [0.717, 1.165) is 19.2 Å². The van der Waals surface area contributed by atoms with Crippen LogP contribution in [0.4, 0.5) is 26.3 Å². The van der Waals surface area contributed by atoms with Gasteiger partial charge in [0.1, 0.15) is 5.82 Å². The summed E-state index contributed by atoms with van der Waals surface area (Å²) >= 11 is 0. The molecule has 0 aromatic carbocycles. The second-order valence-electron chi connectivity index (χ2n) is 6.39. The number of aromatic nitrogens is 5. The van der Waals surface area contributed by atoms with Gasteiger partial charge in [0.15, 0.2) is 17.6 Å². The Kier molecular flexibility index (Phi) is 3.98. The summed E-state index contributed by atoms with van der Waals surface area (Å²) in [4.78, 5) is 7.61. The zero-order chi connectivity index (χ0) is 20.3. The van der Waals surface area contributed by atoms with Gasteiger partial charge in [-0.25, -0.2) is 18.2 Å². The number of alkyl halides is 5. The Hall–Kier alpha value is -2.92. The van der Waals surface area contributed by atoms with Crippen LogP contribution < -0.4 is 4.74 Å². The second kappa shape index (κ2) is 6.04. The molecule has 3 aromatic rings. The smallest absolute Gasteiger partial charge is 0.425 e. The number of pyridine rings is 1. The van der Waals surface area contributed by atoms with E-state index in [-0.39, 0.29) is 29.1 Å². The van der Waals surface area contributed by atoms with Gasteiger partial charge in [-0.2, -0.15) is 13.2 Å². The standard InChI is InChI=1S/C16H11F6N5O/c1-7(16(20,21)22)28-14-10(17)2-8(4-24-14)11-6-27-12(5-23-11)25-26-13(27)9-3-15(9,18)19/h2,4-7,9H,3H2,1H3/t7-,9?/m1/s1. The lowest BCUT2D eigenvalue weighted by Gasteiger charge is -2.17. The molecule has 12 heteroatoms. The minimum absolute atomic E-state index is 0.0519. The lowest BCUT2D eigenvalue weighted by Crippen LogP contribution is -2.31. The molecule has 1 aliphatic carbocycles. The highest BCUT2D eigenvalue weighted by atomic mass is 19.4. The summed E-state index contributed by atoms with van der Waals surface area (Å²) in [5.74, 6) is -5.79. The summed E-state index contributed by atoms with van der Waals surface area (Å²) in [5.41, 5.74) is 0.502. The van der Waals surface area contributed by atoms with Gasteiger partial charge < -0.3 is 4.74 Å². The Morgan fingerprint density at radius 1 is 1.21 bits per heavy atom. The van der Waals surface area contributed by atoms with Crippen molar-refractivity contribution < 1.29 is 31.1 Å². The highest BCUT2D eigenvalue weighted by molar-refractivity contribution is 5.59. The molecule has 3 heterocycles. The van der Waals surface area contributed by atoms with Gasteiger partial charge in [-0.15, -0.1) is 10.2 Å². The maximum Gasteiger partial charge on any atom is 0.425 e. The molecule has 148 valence electrons. The molecule has 0 bridgehead atoms. The summed E-state index contributed by atoms with van der Waals surface area (Å²) in [5, 5.41) is 7.52. The molecule has 3 aromatic heterocycles.